The van der Waals surface area contributed by atoms with Gasteiger partial charge in [-0.1, -0.05) is 27.7 Å². The predicted molar refractivity (Wildman–Crippen MR) is 75.8 cm³/mol. The molecule has 1 N–H and O–H groups in total. The van der Waals surface area contributed by atoms with Crippen molar-refractivity contribution in [3.8, 4) is 0 Å². The average molecular weight is 249 g/mol. The smallest absolute Gasteiger partial charge is 0.0624 e. The van der Waals surface area contributed by atoms with Crippen LogP contribution in [-0.4, -0.2) is 22.4 Å². The molecule has 0 aromatic carbocycles. The van der Waals surface area contributed by atoms with Gasteiger partial charge < -0.3 is 5.32 Å². The summed E-state index contributed by atoms with van der Waals surface area (Å²) in [5.41, 5.74) is 2.85. The first-order valence-corrected chi connectivity index (χ1v) is 7.33. The van der Waals surface area contributed by atoms with Crippen molar-refractivity contribution in [1.82, 2.24) is 15.1 Å². The predicted octanol–water partition coefficient (Wildman–Crippen LogP) is 2.79. The molecule has 2 rings (SSSR count). The van der Waals surface area contributed by atoms with Crippen LogP contribution in [0.5, 0.6) is 0 Å². The second-order valence-electron chi connectivity index (χ2n) is 6.31. The van der Waals surface area contributed by atoms with Crippen LogP contribution in [0.15, 0.2) is 6.07 Å². The van der Waals surface area contributed by atoms with Gasteiger partial charge in [-0.25, -0.2) is 0 Å². The van der Waals surface area contributed by atoms with Crippen molar-refractivity contribution >= 4 is 0 Å². The van der Waals surface area contributed by atoms with Crippen LogP contribution in [0.4, 0.5) is 0 Å². The second-order valence-corrected chi connectivity index (χ2v) is 6.31. The largest absolute Gasteiger partial charge is 0.313 e. The van der Waals surface area contributed by atoms with E-state index in [1.165, 1.54) is 24.2 Å². The number of nitrogens with one attached hydrogen (secondary N) is 1. The third kappa shape index (κ3) is 3.58. The zero-order chi connectivity index (χ0) is 13.2. The molecule has 1 saturated carbocycles. The van der Waals surface area contributed by atoms with Crippen molar-refractivity contribution in [3.05, 3.63) is 17.5 Å². The molecule has 0 radical (unpaired) electrons. The Balaban J connectivity index is 1.98. The standard InChI is InChI=1S/C15H27N3/c1-5-12-9-14(6-2)18(17-12)11-15(3,4)10-16-13-7-8-13/h9,13,16H,5-8,10-11H2,1-4H3. The fraction of sp³-hybridized carbons (Fsp3) is 0.800. The van der Waals surface area contributed by atoms with Crippen LogP contribution >= 0.6 is 0 Å². The van der Waals surface area contributed by atoms with Crippen LogP contribution < -0.4 is 5.32 Å². The van der Waals surface area contributed by atoms with Crippen molar-refractivity contribution in [1.29, 1.82) is 0 Å². The molecule has 0 bridgehead atoms. The Morgan fingerprint density at radius 1 is 1.33 bits per heavy atom. The number of aryl methyl sites for hydroxylation is 2. The molecule has 1 fully saturated rings. The first-order chi connectivity index (χ1) is 8.54. The Labute approximate surface area is 111 Å². The molecule has 0 aliphatic heterocycles. The Morgan fingerprint density at radius 2 is 2.06 bits per heavy atom. The molecular weight excluding hydrogens is 222 g/mol. The summed E-state index contributed by atoms with van der Waals surface area (Å²) in [4.78, 5) is 0. The Bertz CT molecular complexity index is 388. The number of aromatic nitrogens is 2. The van der Waals surface area contributed by atoms with Crippen molar-refractivity contribution in [3.63, 3.8) is 0 Å². The van der Waals surface area contributed by atoms with Crippen LogP contribution in [0, 0.1) is 5.41 Å². The van der Waals surface area contributed by atoms with E-state index >= 15 is 0 Å². The fourth-order valence-electron chi connectivity index (χ4n) is 2.28. The maximum atomic E-state index is 4.72. The van der Waals surface area contributed by atoms with Gasteiger partial charge in [0.15, 0.2) is 0 Å². The molecule has 0 saturated heterocycles. The summed E-state index contributed by atoms with van der Waals surface area (Å²) in [6.45, 7) is 11.1. The van der Waals surface area contributed by atoms with E-state index in [1.807, 2.05) is 0 Å². The van der Waals surface area contributed by atoms with Gasteiger partial charge in [0.25, 0.3) is 0 Å². The number of rotatable bonds is 7. The topological polar surface area (TPSA) is 29.9 Å². The molecule has 0 atom stereocenters. The lowest BCUT2D eigenvalue weighted by Crippen LogP contribution is -2.34. The molecule has 3 heteroatoms. The quantitative estimate of drug-likeness (QED) is 0.805. The molecule has 0 spiro atoms. The molecule has 18 heavy (non-hydrogen) atoms. The van der Waals surface area contributed by atoms with Crippen molar-refractivity contribution in [2.45, 2.75) is 66.0 Å². The van der Waals surface area contributed by atoms with Gasteiger partial charge in [0, 0.05) is 24.8 Å². The minimum Gasteiger partial charge on any atom is -0.313 e. The van der Waals surface area contributed by atoms with Gasteiger partial charge >= 0.3 is 0 Å². The average Bonchev–Trinajstić information content (AvgIpc) is 3.08. The highest BCUT2D eigenvalue weighted by Crippen LogP contribution is 2.23. The molecular formula is C15H27N3. The van der Waals surface area contributed by atoms with E-state index in [2.05, 4.69) is 43.8 Å². The van der Waals surface area contributed by atoms with Crippen molar-refractivity contribution in [2.24, 2.45) is 5.41 Å². The van der Waals surface area contributed by atoms with E-state index in [1.54, 1.807) is 0 Å². The van der Waals surface area contributed by atoms with Crippen LogP contribution in [0.1, 0.15) is 51.9 Å². The minimum atomic E-state index is 0.267. The summed E-state index contributed by atoms with van der Waals surface area (Å²) >= 11 is 0. The monoisotopic (exact) mass is 249 g/mol. The molecule has 0 unspecified atom stereocenters. The molecule has 1 heterocycles. The minimum absolute atomic E-state index is 0.267. The Kier molecular flexibility index (Phi) is 4.10. The molecule has 1 aliphatic carbocycles. The summed E-state index contributed by atoms with van der Waals surface area (Å²) in [7, 11) is 0. The van der Waals surface area contributed by atoms with E-state index in [-0.39, 0.29) is 5.41 Å². The first-order valence-electron chi connectivity index (χ1n) is 7.33. The Morgan fingerprint density at radius 3 is 2.61 bits per heavy atom. The molecule has 1 aromatic heterocycles. The highest BCUT2D eigenvalue weighted by molar-refractivity contribution is 5.10. The molecule has 1 aromatic rings. The first kappa shape index (κ1) is 13.6. The van der Waals surface area contributed by atoms with Crippen molar-refractivity contribution < 1.29 is 0 Å². The summed E-state index contributed by atoms with van der Waals surface area (Å²) < 4.78 is 2.22. The highest BCUT2D eigenvalue weighted by atomic mass is 15.3. The lowest BCUT2D eigenvalue weighted by Gasteiger charge is -2.26. The second kappa shape index (κ2) is 5.43. The number of hydrogen-bond acceptors (Lipinski definition) is 2. The summed E-state index contributed by atoms with van der Waals surface area (Å²) in [5.74, 6) is 0. The van der Waals surface area contributed by atoms with Crippen LogP contribution in [0.25, 0.3) is 0 Å². The van der Waals surface area contributed by atoms with Gasteiger partial charge in [-0.05, 0) is 37.2 Å². The van der Waals surface area contributed by atoms with Gasteiger partial charge in [-0.2, -0.15) is 5.10 Å². The summed E-state index contributed by atoms with van der Waals surface area (Å²) in [6, 6.07) is 3.04. The normalized spacial score (nSPS) is 16.2. The molecule has 3 nitrogen and oxygen atoms in total. The van der Waals surface area contributed by atoms with Crippen LogP contribution in [0.2, 0.25) is 0 Å². The molecule has 0 amide bonds. The van der Waals surface area contributed by atoms with Gasteiger partial charge in [0.05, 0.1) is 5.69 Å². The van der Waals surface area contributed by atoms with E-state index in [9.17, 15) is 0 Å². The number of nitrogens with zero attached hydrogens (tertiary/aromatic N) is 2. The molecule has 102 valence electrons. The van der Waals surface area contributed by atoms with Gasteiger partial charge in [-0.3, -0.25) is 4.68 Å². The molecule has 1 aliphatic rings. The van der Waals surface area contributed by atoms with E-state index in [0.717, 1.165) is 32.0 Å². The van der Waals surface area contributed by atoms with Gasteiger partial charge in [-0.15, -0.1) is 0 Å². The van der Waals surface area contributed by atoms with E-state index < -0.39 is 0 Å². The van der Waals surface area contributed by atoms with Gasteiger partial charge in [0.1, 0.15) is 0 Å². The summed E-state index contributed by atoms with van der Waals surface area (Å²) in [5, 5.41) is 8.35. The third-order valence-electron chi connectivity index (χ3n) is 3.66. The lowest BCUT2D eigenvalue weighted by atomic mass is 9.93. The maximum Gasteiger partial charge on any atom is 0.0624 e. The van der Waals surface area contributed by atoms with Crippen LogP contribution in [0.3, 0.4) is 0 Å². The third-order valence-corrected chi connectivity index (χ3v) is 3.66. The zero-order valence-electron chi connectivity index (χ0n) is 12.3. The van der Waals surface area contributed by atoms with E-state index in [0.29, 0.717) is 0 Å². The fourth-order valence-corrected chi connectivity index (χ4v) is 2.28. The van der Waals surface area contributed by atoms with Crippen molar-refractivity contribution in [2.75, 3.05) is 6.54 Å². The Hall–Kier alpha value is -0.830. The SMILES string of the molecule is CCc1cc(CC)n(CC(C)(C)CNC2CC2)n1. The highest BCUT2D eigenvalue weighted by Gasteiger charge is 2.26. The lowest BCUT2D eigenvalue weighted by molar-refractivity contribution is 0.271. The summed E-state index contributed by atoms with van der Waals surface area (Å²) in [6.07, 6.45) is 4.82. The van der Waals surface area contributed by atoms with Gasteiger partial charge in [0.2, 0.25) is 0 Å². The van der Waals surface area contributed by atoms with E-state index in [4.69, 9.17) is 5.10 Å². The number of hydrogen-bond donors (Lipinski definition) is 1. The maximum absolute atomic E-state index is 4.72. The van der Waals surface area contributed by atoms with Crippen LogP contribution in [-0.2, 0) is 19.4 Å². The zero-order valence-corrected chi connectivity index (χ0v) is 12.3.